The van der Waals surface area contributed by atoms with Crippen LogP contribution < -0.4 is 0 Å². The van der Waals surface area contributed by atoms with Gasteiger partial charge in [0.1, 0.15) is 0 Å². The van der Waals surface area contributed by atoms with Crippen molar-refractivity contribution < 1.29 is 0 Å². The van der Waals surface area contributed by atoms with Crippen molar-refractivity contribution in [1.82, 2.24) is 9.80 Å². The maximum atomic E-state index is 2.73. The Morgan fingerprint density at radius 3 is 2.00 bits per heavy atom. The molecule has 102 valence electrons. The molecule has 2 heteroatoms. The topological polar surface area (TPSA) is 6.48 Å². The molecule has 4 aliphatic heterocycles. The van der Waals surface area contributed by atoms with Crippen molar-refractivity contribution in [2.45, 2.75) is 33.4 Å². The lowest BCUT2D eigenvalue weighted by molar-refractivity contribution is -0.194. The highest BCUT2D eigenvalue weighted by atomic mass is 15.4. The number of piperidine rings is 2. The van der Waals surface area contributed by atoms with Gasteiger partial charge < -0.3 is 0 Å². The predicted octanol–water partition coefficient (Wildman–Crippen LogP) is 3.04. The van der Waals surface area contributed by atoms with Gasteiger partial charge in [-0.2, -0.15) is 0 Å². The predicted molar refractivity (Wildman–Crippen MR) is 77.9 cm³/mol. The molecule has 19 heavy (non-hydrogen) atoms. The maximum Gasteiger partial charge on any atom is 0.0889 e. The lowest BCUT2D eigenvalue weighted by atomic mass is 9.63. The Hall–Kier alpha value is -0.860. The number of hydrogen-bond donors (Lipinski definition) is 0. The van der Waals surface area contributed by atoms with E-state index in [1.54, 1.807) is 0 Å². The average molecular weight is 256 g/mol. The van der Waals surface area contributed by atoms with E-state index in [0.717, 1.165) is 0 Å². The number of rotatable bonds is 1. The highest BCUT2D eigenvalue weighted by molar-refractivity contribution is 5.30. The summed E-state index contributed by atoms with van der Waals surface area (Å²) in [5.74, 6) is 0. The smallest absolute Gasteiger partial charge is 0.0889 e. The fraction of sp³-hybridized carbons (Fsp3) is 0.647. The van der Waals surface area contributed by atoms with E-state index in [0.29, 0.717) is 17.0 Å². The van der Waals surface area contributed by atoms with Crippen molar-refractivity contribution in [3.8, 4) is 0 Å². The van der Waals surface area contributed by atoms with E-state index in [1.807, 2.05) is 0 Å². The molecule has 1 aromatic carbocycles. The SMILES string of the molecule is Cc1ccccc1C1N2CC3(C)CN1CC(C)(C2)C3. The van der Waals surface area contributed by atoms with Gasteiger partial charge in [-0.1, -0.05) is 38.1 Å². The lowest BCUT2D eigenvalue weighted by Gasteiger charge is -2.66. The van der Waals surface area contributed by atoms with E-state index < -0.39 is 0 Å². The summed E-state index contributed by atoms with van der Waals surface area (Å²) >= 11 is 0. The van der Waals surface area contributed by atoms with Crippen molar-refractivity contribution in [1.29, 1.82) is 0 Å². The third-order valence-corrected chi connectivity index (χ3v) is 5.35. The van der Waals surface area contributed by atoms with Crippen LogP contribution in [0, 0.1) is 17.8 Å². The summed E-state index contributed by atoms with van der Waals surface area (Å²) in [6.45, 7) is 12.3. The molecular formula is C17H24N2. The van der Waals surface area contributed by atoms with Gasteiger partial charge in [0.15, 0.2) is 0 Å². The van der Waals surface area contributed by atoms with E-state index in [2.05, 4.69) is 54.8 Å². The molecule has 4 saturated heterocycles. The van der Waals surface area contributed by atoms with Crippen LogP contribution >= 0.6 is 0 Å². The van der Waals surface area contributed by atoms with Crippen LogP contribution in [0.4, 0.5) is 0 Å². The van der Waals surface area contributed by atoms with Gasteiger partial charge in [-0.05, 0) is 35.3 Å². The Balaban J connectivity index is 1.76. The summed E-state index contributed by atoms with van der Waals surface area (Å²) in [4.78, 5) is 5.47. The minimum Gasteiger partial charge on any atom is -0.283 e. The first-order valence-electron chi connectivity index (χ1n) is 7.52. The molecule has 4 aliphatic rings. The van der Waals surface area contributed by atoms with Crippen LogP contribution in [0.1, 0.15) is 37.6 Å². The van der Waals surface area contributed by atoms with Gasteiger partial charge in [0, 0.05) is 26.2 Å². The van der Waals surface area contributed by atoms with Crippen molar-refractivity contribution >= 4 is 0 Å². The molecule has 0 spiro atoms. The zero-order valence-corrected chi connectivity index (χ0v) is 12.3. The molecule has 0 unspecified atom stereocenters. The summed E-state index contributed by atoms with van der Waals surface area (Å²) in [5, 5.41) is 0. The van der Waals surface area contributed by atoms with Gasteiger partial charge in [-0.15, -0.1) is 0 Å². The Bertz CT molecular complexity index is 486. The molecule has 0 atom stereocenters. The molecule has 2 nitrogen and oxygen atoms in total. The zero-order valence-electron chi connectivity index (χ0n) is 12.3. The molecule has 1 aromatic rings. The first-order chi connectivity index (χ1) is 8.98. The van der Waals surface area contributed by atoms with Gasteiger partial charge in [-0.3, -0.25) is 9.80 Å². The van der Waals surface area contributed by atoms with E-state index >= 15 is 0 Å². The fourth-order valence-corrected chi connectivity index (χ4v) is 5.27. The second-order valence-corrected chi connectivity index (χ2v) is 7.84. The molecule has 0 radical (unpaired) electrons. The van der Waals surface area contributed by atoms with Gasteiger partial charge in [0.25, 0.3) is 0 Å². The maximum absolute atomic E-state index is 2.73. The van der Waals surface area contributed by atoms with Crippen molar-refractivity contribution in [2.24, 2.45) is 10.8 Å². The summed E-state index contributed by atoms with van der Waals surface area (Å²) in [5.41, 5.74) is 4.00. The zero-order chi connectivity index (χ0) is 13.3. The minimum absolute atomic E-state index is 0.518. The normalized spacial score (nSPS) is 47.6. The molecule has 0 aromatic heterocycles. The highest BCUT2D eigenvalue weighted by Crippen LogP contribution is 2.54. The Morgan fingerprint density at radius 2 is 1.47 bits per heavy atom. The van der Waals surface area contributed by atoms with Crippen molar-refractivity contribution in [2.75, 3.05) is 26.2 Å². The van der Waals surface area contributed by atoms with Crippen LogP contribution in [0.2, 0.25) is 0 Å². The highest BCUT2D eigenvalue weighted by Gasteiger charge is 2.56. The van der Waals surface area contributed by atoms with Gasteiger partial charge >= 0.3 is 0 Å². The molecule has 0 saturated carbocycles. The van der Waals surface area contributed by atoms with Gasteiger partial charge in [0.05, 0.1) is 6.17 Å². The van der Waals surface area contributed by atoms with Crippen LogP contribution in [0.15, 0.2) is 24.3 Å². The van der Waals surface area contributed by atoms with E-state index in [-0.39, 0.29) is 0 Å². The third kappa shape index (κ3) is 1.70. The second-order valence-electron chi connectivity index (χ2n) is 7.84. The summed E-state index contributed by atoms with van der Waals surface area (Å²) in [6, 6.07) is 8.93. The van der Waals surface area contributed by atoms with E-state index in [4.69, 9.17) is 0 Å². The van der Waals surface area contributed by atoms with Crippen LogP contribution in [0.3, 0.4) is 0 Å². The Morgan fingerprint density at radius 1 is 0.947 bits per heavy atom. The standard InChI is InChI=1S/C17H24N2/c1-13-6-4-5-7-14(13)15-18-9-16(2)8-17(3,11-18)12-19(15)10-16/h4-7,15H,8-12H2,1-3H3. The number of hydrogen-bond acceptors (Lipinski definition) is 2. The second kappa shape index (κ2) is 3.62. The van der Waals surface area contributed by atoms with Crippen LogP contribution in [0.25, 0.3) is 0 Å². The lowest BCUT2D eigenvalue weighted by Crippen LogP contribution is -2.70. The number of aryl methyl sites for hydroxylation is 1. The Kier molecular flexibility index (Phi) is 2.27. The Labute approximate surface area is 116 Å². The monoisotopic (exact) mass is 256 g/mol. The molecule has 4 fully saturated rings. The average Bonchev–Trinajstić information content (AvgIpc) is 2.27. The molecule has 5 rings (SSSR count). The number of nitrogens with zero attached hydrogens (tertiary/aromatic N) is 2. The van der Waals surface area contributed by atoms with Crippen LogP contribution in [-0.4, -0.2) is 36.0 Å². The van der Waals surface area contributed by atoms with Crippen LogP contribution in [0.5, 0.6) is 0 Å². The third-order valence-electron chi connectivity index (χ3n) is 5.35. The summed E-state index contributed by atoms with van der Waals surface area (Å²) < 4.78 is 0. The largest absolute Gasteiger partial charge is 0.283 e. The molecule has 0 N–H and O–H groups in total. The summed E-state index contributed by atoms with van der Waals surface area (Å²) in [7, 11) is 0. The first kappa shape index (κ1) is 11.9. The summed E-state index contributed by atoms with van der Waals surface area (Å²) in [6.07, 6.45) is 1.94. The molecule has 4 bridgehead atoms. The van der Waals surface area contributed by atoms with Gasteiger partial charge in [0.2, 0.25) is 0 Å². The molecule has 0 aliphatic carbocycles. The molecular weight excluding hydrogens is 232 g/mol. The fourth-order valence-electron chi connectivity index (χ4n) is 5.27. The quantitative estimate of drug-likeness (QED) is 0.762. The first-order valence-corrected chi connectivity index (χ1v) is 7.52. The van der Waals surface area contributed by atoms with E-state index in [1.165, 1.54) is 43.7 Å². The molecule has 4 heterocycles. The van der Waals surface area contributed by atoms with Crippen LogP contribution in [-0.2, 0) is 0 Å². The number of benzene rings is 1. The van der Waals surface area contributed by atoms with E-state index in [9.17, 15) is 0 Å². The molecule has 0 amide bonds. The van der Waals surface area contributed by atoms with Crippen molar-refractivity contribution in [3.05, 3.63) is 35.4 Å². The van der Waals surface area contributed by atoms with Crippen molar-refractivity contribution in [3.63, 3.8) is 0 Å². The van der Waals surface area contributed by atoms with Gasteiger partial charge in [-0.25, -0.2) is 0 Å². The minimum atomic E-state index is 0.518.